The Hall–Kier alpha value is -3.33. The standard InChI is InChI=1S/C20H19N5O3S/c1-13-14-7-3-5-9-16(14)23-18(22-13)12-25(2)19(26)11-21-20-15-8-4-6-10-17(15)29(27,28)24-20/h3-10H,11-12H2,1-2H3,(H,21,24). The third-order valence-corrected chi connectivity index (χ3v) is 6.08. The highest BCUT2D eigenvalue weighted by Gasteiger charge is 2.30. The Kier molecular flexibility index (Phi) is 4.75. The van der Waals surface area contributed by atoms with Crippen LogP contribution in [0.3, 0.4) is 0 Å². The number of likely N-dealkylation sites (N-methyl/N-ethyl adjacent to an activating group) is 1. The van der Waals surface area contributed by atoms with Gasteiger partial charge in [0.2, 0.25) is 5.91 Å². The predicted molar refractivity (Wildman–Crippen MR) is 109 cm³/mol. The van der Waals surface area contributed by atoms with Crippen molar-refractivity contribution in [1.29, 1.82) is 0 Å². The van der Waals surface area contributed by atoms with Crippen LogP contribution in [-0.4, -0.2) is 48.6 Å². The van der Waals surface area contributed by atoms with E-state index >= 15 is 0 Å². The second-order valence-electron chi connectivity index (χ2n) is 6.76. The number of benzene rings is 2. The van der Waals surface area contributed by atoms with Crippen molar-refractivity contribution in [1.82, 2.24) is 19.6 Å². The first-order chi connectivity index (χ1) is 13.8. The third-order valence-electron chi connectivity index (χ3n) is 4.68. The summed E-state index contributed by atoms with van der Waals surface area (Å²) >= 11 is 0. The number of para-hydroxylation sites is 1. The third kappa shape index (κ3) is 3.68. The molecule has 0 saturated heterocycles. The first-order valence-electron chi connectivity index (χ1n) is 8.98. The summed E-state index contributed by atoms with van der Waals surface area (Å²) < 4.78 is 26.6. The number of hydrogen-bond acceptors (Lipinski definition) is 6. The number of nitrogens with zero attached hydrogens (tertiary/aromatic N) is 4. The number of carbonyl (C=O) groups is 1. The van der Waals surface area contributed by atoms with Crippen molar-refractivity contribution in [2.24, 2.45) is 4.99 Å². The molecule has 1 aromatic heterocycles. The first-order valence-corrected chi connectivity index (χ1v) is 10.5. The molecule has 0 unspecified atom stereocenters. The Morgan fingerprint density at radius 1 is 1.10 bits per heavy atom. The van der Waals surface area contributed by atoms with Crippen LogP contribution < -0.4 is 4.72 Å². The van der Waals surface area contributed by atoms with Crippen molar-refractivity contribution in [3.05, 3.63) is 65.6 Å². The predicted octanol–water partition coefficient (Wildman–Crippen LogP) is 1.64. The summed E-state index contributed by atoms with van der Waals surface area (Å²) in [6.45, 7) is 1.96. The Balaban J connectivity index is 1.49. The van der Waals surface area contributed by atoms with Gasteiger partial charge < -0.3 is 4.90 Å². The maximum atomic E-state index is 12.5. The minimum atomic E-state index is -3.62. The van der Waals surface area contributed by atoms with Gasteiger partial charge in [-0.05, 0) is 25.1 Å². The number of rotatable bonds is 4. The fourth-order valence-electron chi connectivity index (χ4n) is 3.18. The summed E-state index contributed by atoms with van der Waals surface area (Å²) in [7, 11) is -1.98. The topological polar surface area (TPSA) is 105 Å². The fourth-order valence-corrected chi connectivity index (χ4v) is 4.44. The maximum absolute atomic E-state index is 12.5. The highest BCUT2D eigenvalue weighted by molar-refractivity contribution is 7.90. The van der Waals surface area contributed by atoms with Gasteiger partial charge in [-0.25, -0.2) is 18.4 Å². The van der Waals surface area contributed by atoms with Crippen molar-refractivity contribution < 1.29 is 13.2 Å². The van der Waals surface area contributed by atoms with Gasteiger partial charge in [0.15, 0.2) is 0 Å². The van der Waals surface area contributed by atoms with Gasteiger partial charge in [-0.15, -0.1) is 0 Å². The summed E-state index contributed by atoms with van der Waals surface area (Å²) in [6.07, 6.45) is 0. The van der Waals surface area contributed by atoms with E-state index in [1.165, 1.54) is 11.0 Å². The molecule has 8 nitrogen and oxygen atoms in total. The Morgan fingerprint density at radius 3 is 2.66 bits per heavy atom. The van der Waals surface area contributed by atoms with Crippen molar-refractivity contribution in [2.75, 3.05) is 13.6 Å². The summed E-state index contributed by atoms with van der Waals surface area (Å²) in [5, 5.41) is 0.976. The van der Waals surface area contributed by atoms with Gasteiger partial charge in [0, 0.05) is 23.7 Å². The lowest BCUT2D eigenvalue weighted by atomic mass is 10.2. The fraction of sp³-hybridized carbons (Fsp3) is 0.200. The molecular weight excluding hydrogens is 390 g/mol. The Labute approximate surface area is 168 Å². The van der Waals surface area contributed by atoms with E-state index < -0.39 is 10.0 Å². The molecule has 2 aromatic carbocycles. The Bertz CT molecular complexity index is 1250. The smallest absolute Gasteiger partial charge is 0.263 e. The molecule has 1 amide bonds. The van der Waals surface area contributed by atoms with E-state index in [4.69, 9.17) is 0 Å². The van der Waals surface area contributed by atoms with Crippen molar-refractivity contribution in [3.63, 3.8) is 0 Å². The van der Waals surface area contributed by atoms with Crippen LogP contribution in [0.5, 0.6) is 0 Å². The van der Waals surface area contributed by atoms with E-state index in [2.05, 4.69) is 19.7 Å². The molecule has 3 aromatic rings. The van der Waals surface area contributed by atoms with E-state index in [1.807, 2.05) is 31.2 Å². The number of nitrogens with one attached hydrogen (secondary N) is 1. The number of carbonyl (C=O) groups excluding carboxylic acids is 1. The van der Waals surface area contributed by atoms with Crippen LogP contribution in [-0.2, 0) is 21.4 Å². The molecule has 148 valence electrons. The molecule has 1 aliphatic rings. The number of aromatic nitrogens is 2. The van der Waals surface area contributed by atoms with Gasteiger partial charge in [-0.1, -0.05) is 30.3 Å². The van der Waals surface area contributed by atoms with E-state index in [0.717, 1.165) is 16.6 Å². The highest BCUT2D eigenvalue weighted by atomic mass is 32.2. The number of amidine groups is 1. The van der Waals surface area contributed by atoms with Gasteiger partial charge >= 0.3 is 0 Å². The molecule has 4 rings (SSSR count). The summed E-state index contributed by atoms with van der Waals surface area (Å²) in [4.78, 5) is 27.3. The molecule has 2 heterocycles. The van der Waals surface area contributed by atoms with Crippen LogP contribution >= 0.6 is 0 Å². The lowest BCUT2D eigenvalue weighted by Gasteiger charge is -2.16. The van der Waals surface area contributed by atoms with Crippen molar-refractivity contribution in [3.8, 4) is 0 Å². The number of fused-ring (bicyclic) bond motifs is 2. The van der Waals surface area contributed by atoms with Crippen molar-refractivity contribution in [2.45, 2.75) is 18.4 Å². The SMILES string of the molecule is Cc1nc(CN(C)C(=O)CN=C2NS(=O)(=O)c3ccccc32)nc2ccccc12. The largest absolute Gasteiger partial charge is 0.337 e. The van der Waals surface area contributed by atoms with Crippen LogP contribution in [0.25, 0.3) is 10.9 Å². The average Bonchev–Trinajstić information content (AvgIpc) is 2.97. The lowest BCUT2D eigenvalue weighted by Crippen LogP contribution is -2.30. The minimum absolute atomic E-state index is 0.166. The number of sulfonamides is 1. The van der Waals surface area contributed by atoms with Crippen LogP contribution in [0, 0.1) is 6.92 Å². The lowest BCUT2D eigenvalue weighted by molar-refractivity contribution is -0.128. The monoisotopic (exact) mass is 409 g/mol. The number of amides is 1. The summed E-state index contributed by atoms with van der Waals surface area (Å²) in [5.74, 6) is 0.451. The first kappa shape index (κ1) is 19.0. The molecule has 29 heavy (non-hydrogen) atoms. The zero-order valence-electron chi connectivity index (χ0n) is 16.0. The quantitative estimate of drug-likeness (QED) is 0.705. The minimum Gasteiger partial charge on any atom is -0.337 e. The van der Waals surface area contributed by atoms with Gasteiger partial charge in [0.1, 0.15) is 18.2 Å². The summed E-state index contributed by atoms with van der Waals surface area (Å²) in [6, 6.07) is 14.2. The van der Waals surface area contributed by atoms with E-state index in [-0.39, 0.29) is 29.7 Å². The van der Waals surface area contributed by atoms with Crippen LogP contribution in [0.15, 0.2) is 58.4 Å². The highest BCUT2D eigenvalue weighted by Crippen LogP contribution is 2.22. The molecule has 1 aliphatic heterocycles. The van der Waals surface area contributed by atoms with E-state index in [1.54, 1.807) is 25.2 Å². The number of aliphatic imine (C=N–C) groups is 1. The molecular formula is C20H19N5O3S. The van der Waals surface area contributed by atoms with Gasteiger partial charge in [0.25, 0.3) is 10.0 Å². The zero-order chi connectivity index (χ0) is 20.6. The molecule has 0 bridgehead atoms. The number of aryl methyl sites for hydroxylation is 1. The Morgan fingerprint density at radius 2 is 1.83 bits per heavy atom. The average molecular weight is 409 g/mol. The summed E-state index contributed by atoms with van der Waals surface area (Å²) in [5.41, 5.74) is 2.15. The van der Waals surface area contributed by atoms with E-state index in [9.17, 15) is 13.2 Å². The second-order valence-corrected chi connectivity index (χ2v) is 8.41. The molecule has 1 N–H and O–H groups in total. The molecule has 0 aliphatic carbocycles. The normalized spacial score (nSPS) is 15.9. The van der Waals surface area contributed by atoms with E-state index in [0.29, 0.717) is 11.4 Å². The van der Waals surface area contributed by atoms with Gasteiger partial charge in [-0.2, -0.15) is 0 Å². The molecule has 0 spiro atoms. The van der Waals surface area contributed by atoms with Gasteiger partial charge in [-0.3, -0.25) is 14.5 Å². The molecule has 0 radical (unpaired) electrons. The number of hydrogen-bond donors (Lipinski definition) is 1. The molecule has 0 atom stereocenters. The van der Waals surface area contributed by atoms with Gasteiger partial charge in [0.05, 0.1) is 17.0 Å². The molecule has 0 fully saturated rings. The second kappa shape index (κ2) is 7.25. The van der Waals surface area contributed by atoms with Crippen molar-refractivity contribution >= 4 is 32.7 Å². The zero-order valence-corrected chi connectivity index (χ0v) is 16.8. The van der Waals surface area contributed by atoms with Crippen LogP contribution in [0.4, 0.5) is 0 Å². The van der Waals surface area contributed by atoms with Crippen LogP contribution in [0.2, 0.25) is 0 Å². The molecule has 9 heteroatoms. The maximum Gasteiger partial charge on any atom is 0.263 e. The van der Waals surface area contributed by atoms with Crippen LogP contribution in [0.1, 0.15) is 17.1 Å². The molecule has 0 saturated carbocycles.